The van der Waals surface area contributed by atoms with Gasteiger partial charge in [-0.25, -0.2) is 9.97 Å². The van der Waals surface area contributed by atoms with Gasteiger partial charge in [-0.05, 0) is 42.7 Å². The van der Waals surface area contributed by atoms with Crippen molar-refractivity contribution in [2.45, 2.75) is 11.3 Å². The summed E-state index contributed by atoms with van der Waals surface area (Å²) in [5.41, 5.74) is -1.10. The summed E-state index contributed by atoms with van der Waals surface area (Å²) in [5.74, 6) is -0.458. The highest BCUT2D eigenvalue weighted by Crippen LogP contribution is 2.36. The molecule has 2 aromatic heterocycles. The molecule has 6 nitrogen and oxygen atoms in total. The van der Waals surface area contributed by atoms with Crippen molar-refractivity contribution in [2.75, 3.05) is 6.26 Å². The molecular weight excluding hydrogens is 393 g/mol. The molecule has 0 unspecified atom stereocenters. The molecule has 28 heavy (non-hydrogen) atoms. The van der Waals surface area contributed by atoms with Crippen molar-refractivity contribution in [1.29, 1.82) is 5.26 Å². The first-order valence-electron chi connectivity index (χ1n) is 7.72. The van der Waals surface area contributed by atoms with E-state index in [9.17, 15) is 23.2 Å². The van der Waals surface area contributed by atoms with Gasteiger partial charge in [-0.2, -0.15) is 18.4 Å². The van der Waals surface area contributed by atoms with Crippen LogP contribution in [0.4, 0.5) is 13.2 Å². The summed E-state index contributed by atoms with van der Waals surface area (Å²) in [6.45, 7) is 0. The van der Waals surface area contributed by atoms with Crippen molar-refractivity contribution in [3.05, 3.63) is 64.1 Å². The van der Waals surface area contributed by atoms with Crippen molar-refractivity contribution in [3.63, 3.8) is 0 Å². The van der Waals surface area contributed by atoms with Crippen LogP contribution in [0.1, 0.15) is 11.1 Å². The predicted octanol–water partition coefficient (Wildman–Crippen LogP) is 4.24. The summed E-state index contributed by atoms with van der Waals surface area (Å²) >= 11 is 1.20. The van der Waals surface area contributed by atoms with Crippen molar-refractivity contribution in [1.82, 2.24) is 15.0 Å². The van der Waals surface area contributed by atoms with Crippen molar-refractivity contribution in [2.24, 2.45) is 0 Å². The van der Waals surface area contributed by atoms with Crippen LogP contribution in [0.2, 0.25) is 0 Å². The highest BCUT2D eigenvalue weighted by molar-refractivity contribution is 7.98. The first kappa shape index (κ1) is 19.4. The van der Waals surface area contributed by atoms with Gasteiger partial charge in [0.15, 0.2) is 5.16 Å². The Morgan fingerprint density at radius 3 is 2.54 bits per heavy atom. The van der Waals surface area contributed by atoms with Crippen LogP contribution in [0, 0.1) is 11.3 Å². The number of alkyl halides is 3. The second-order valence-corrected chi connectivity index (χ2v) is 6.19. The average molecular weight is 404 g/mol. The zero-order valence-corrected chi connectivity index (χ0v) is 15.1. The molecule has 142 valence electrons. The molecule has 3 aromatic rings. The topological polar surface area (TPSA) is 91.7 Å². The number of hydrogen-bond donors (Lipinski definition) is 1. The average Bonchev–Trinajstić information content (AvgIpc) is 2.67. The van der Waals surface area contributed by atoms with Crippen LogP contribution in [-0.2, 0) is 6.18 Å². The molecular formula is C18H11F3N4O2S. The molecule has 0 aliphatic rings. The number of H-pyrrole nitrogens is 1. The SMILES string of the molecule is CSc1nc(-c2ccc(Oc3ncccc3C(F)(F)F)cc2)c(C#N)c(=O)[nH]1. The lowest BCUT2D eigenvalue weighted by Gasteiger charge is -2.12. The lowest BCUT2D eigenvalue weighted by atomic mass is 10.1. The van der Waals surface area contributed by atoms with E-state index in [0.717, 1.165) is 6.07 Å². The van der Waals surface area contributed by atoms with Crippen molar-refractivity contribution in [3.8, 4) is 29.0 Å². The minimum absolute atomic E-state index is 0.112. The Labute approximate surface area is 161 Å². The van der Waals surface area contributed by atoms with Crippen LogP contribution in [0.3, 0.4) is 0 Å². The molecule has 0 fully saturated rings. The highest BCUT2D eigenvalue weighted by Gasteiger charge is 2.35. The number of aromatic nitrogens is 3. The molecule has 2 heterocycles. The third-order valence-electron chi connectivity index (χ3n) is 3.62. The number of thioether (sulfide) groups is 1. The zero-order valence-electron chi connectivity index (χ0n) is 14.2. The van der Waals surface area contributed by atoms with Crippen LogP contribution >= 0.6 is 11.8 Å². The molecule has 0 saturated carbocycles. The molecule has 3 rings (SSSR count). The standard InChI is InChI=1S/C18H11F3N4O2S/c1-28-17-24-14(12(9-22)15(26)25-17)10-4-6-11(7-5-10)27-16-13(18(19,20)21)3-2-8-23-16/h2-8H,1H3,(H,24,25,26). The molecule has 0 saturated heterocycles. The summed E-state index contributed by atoms with van der Waals surface area (Å²) in [6, 6.07) is 9.67. The second-order valence-electron chi connectivity index (χ2n) is 5.39. The number of pyridine rings is 1. The van der Waals surface area contributed by atoms with E-state index in [2.05, 4.69) is 15.0 Å². The lowest BCUT2D eigenvalue weighted by Crippen LogP contribution is -2.14. The van der Waals surface area contributed by atoms with Gasteiger partial charge in [0.25, 0.3) is 5.56 Å². The predicted molar refractivity (Wildman–Crippen MR) is 96.1 cm³/mol. The fourth-order valence-electron chi connectivity index (χ4n) is 2.34. The summed E-state index contributed by atoms with van der Waals surface area (Å²) in [4.78, 5) is 22.4. The molecule has 0 bridgehead atoms. The monoisotopic (exact) mass is 404 g/mol. The number of nitriles is 1. The molecule has 1 N–H and O–H groups in total. The molecule has 10 heteroatoms. The van der Waals surface area contributed by atoms with E-state index in [1.54, 1.807) is 6.26 Å². The number of nitrogens with zero attached hydrogens (tertiary/aromatic N) is 3. The summed E-state index contributed by atoms with van der Waals surface area (Å²) in [7, 11) is 0. The van der Waals surface area contributed by atoms with Crippen LogP contribution in [0.25, 0.3) is 11.3 Å². The van der Waals surface area contributed by atoms with Crippen molar-refractivity contribution >= 4 is 11.8 Å². The van der Waals surface area contributed by atoms with Gasteiger partial charge in [-0.1, -0.05) is 11.8 Å². The molecule has 0 atom stereocenters. The summed E-state index contributed by atoms with van der Waals surface area (Å²) < 4.78 is 44.4. The Kier molecular flexibility index (Phi) is 5.37. The van der Waals surface area contributed by atoms with Gasteiger partial charge in [-0.3, -0.25) is 4.79 Å². The van der Waals surface area contributed by atoms with E-state index in [4.69, 9.17) is 4.74 Å². The van der Waals surface area contributed by atoms with Crippen LogP contribution < -0.4 is 10.3 Å². The number of hydrogen-bond acceptors (Lipinski definition) is 6. The van der Waals surface area contributed by atoms with E-state index < -0.39 is 23.2 Å². The largest absolute Gasteiger partial charge is 0.438 e. The number of aromatic amines is 1. The molecule has 0 aliphatic heterocycles. The molecule has 0 radical (unpaired) electrons. The highest BCUT2D eigenvalue weighted by atomic mass is 32.2. The summed E-state index contributed by atoms with van der Waals surface area (Å²) in [5, 5.41) is 9.56. The van der Waals surface area contributed by atoms with Gasteiger partial charge < -0.3 is 9.72 Å². The molecule has 0 aliphatic carbocycles. The molecule has 0 amide bonds. The Morgan fingerprint density at radius 2 is 1.93 bits per heavy atom. The third-order valence-corrected chi connectivity index (χ3v) is 4.20. The Morgan fingerprint density at radius 1 is 1.21 bits per heavy atom. The van der Waals surface area contributed by atoms with E-state index in [1.165, 1.54) is 48.3 Å². The smallest absolute Gasteiger partial charge is 0.421 e. The maximum absolute atomic E-state index is 13.0. The summed E-state index contributed by atoms with van der Waals surface area (Å²) in [6.07, 6.45) is -1.69. The van der Waals surface area contributed by atoms with E-state index in [1.807, 2.05) is 6.07 Å². The Bertz CT molecular complexity index is 1110. The second kappa shape index (κ2) is 7.74. The zero-order chi connectivity index (χ0) is 20.3. The van der Waals surface area contributed by atoms with E-state index >= 15 is 0 Å². The maximum atomic E-state index is 13.0. The van der Waals surface area contributed by atoms with Gasteiger partial charge in [0.1, 0.15) is 22.9 Å². The fraction of sp³-hybridized carbons (Fsp3) is 0.111. The Balaban J connectivity index is 1.96. The van der Waals surface area contributed by atoms with Crippen LogP contribution in [0.5, 0.6) is 11.6 Å². The normalized spacial score (nSPS) is 11.1. The number of halogens is 3. The van der Waals surface area contributed by atoms with Crippen LogP contribution in [-0.4, -0.2) is 21.2 Å². The fourth-order valence-corrected chi connectivity index (χ4v) is 2.72. The van der Waals surface area contributed by atoms with Crippen LogP contribution in [0.15, 0.2) is 52.5 Å². The maximum Gasteiger partial charge on any atom is 0.421 e. The number of benzene rings is 1. The third kappa shape index (κ3) is 3.99. The van der Waals surface area contributed by atoms with Gasteiger partial charge in [0.2, 0.25) is 5.88 Å². The first-order chi connectivity index (χ1) is 13.3. The number of rotatable bonds is 4. The minimum atomic E-state index is -4.60. The first-order valence-corrected chi connectivity index (χ1v) is 8.95. The van der Waals surface area contributed by atoms with Gasteiger partial charge in [-0.15, -0.1) is 0 Å². The molecule has 1 aromatic carbocycles. The van der Waals surface area contributed by atoms with Gasteiger partial charge >= 0.3 is 6.18 Å². The van der Waals surface area contributed by atoms with Crippen molar-refractivity contribution < 1.29 is 17.9 Å². The lowest BCUT2D eigenvalue weighted by molar-refractivity contribution is -0.138. The van der Waals surface area contributed by atoms with Gasteiger partial charge in [0, 0.05) is 11.8 Å². The van der Waals surface area contributed by atoms with E-state index in [-0.39, 0.29) is 17.0 Å². The number of ether oxygens (including phenoxy) is 1. The van der Waals surface area contributed by atoms with Gasteiger partial charge in [0.05, 0.1) is 5.69 Å². The number of nitrogens with one attached hydrogen (secondary N) is 1. The van der Waals surface area contributed by atoms with E-state index in [0.29, 0.717) is 10.7 Å². The Hall–Kier alpha value is -3.32. The minimum Gasteiger partial charge on any atom is -0.438 e. The quantitative estimate of drug-likeness (QED) is 0.517. The molecule has 0 spiro atoms.